The van der Waals surface area contributed by atoms with E-state index in [0.717, 1.165) is 13.5 Å². The Labute approximate surface area is 177 Å². The zero-order valence-corrected chi connectivity index (χ0v) is 17.9. The summed E-state index contributed by atoms with van der Waals surface area (Å²) in [5.74, 6) is 0.0472. The maximum absolute atomic E-state index is 13.3. The molecule has 28 heavy (non-hydrogen) atoms. The summed E-state index contributed by atoms with van der Waals surface area (Å²) in [5, 5.41) is 6.36. The Bertz CT molecular complexity index is 1110. The highest BCUT2D eigenvalue weighted by Gasteiger charge is 2.22. The molecule has 0 atom stereocenters. The SMILES string of the molecule is CN(Cc1ccc(Br)s1)C(=O)c1nc(-c2cccs2)n(-c2ccc(F)cc2)n1. The zero-order chi connectivity index (χ0) is 19.7. The van der Waals surface area contributed by atoms with Crippen molar-refractivity contribution in [2.45, 2.75) is 6.54 Å². The number of nitrogens with zero attached hydrogens (tertiary/aromatic N) is 4. The van der Waals surface area contributed by atoms with Gasteiger partial charge in [-0.1, -0.05) is 6.07 Å². The molecule has 1 aromatic carbocycles. The molecule has 4 aromatic rings. The lowest BCUT2D eigenvalue weighted by atomic mass is 10.3. The van der Waals surface area contributed by atoms with E-state index in [2.05, 4.69) is 26.0 Å². The third-order valence-corrected chi connectivity index (χ3v) is 6.45. The Morgan fingerprint density at radius 1 is 1.21 bits per heavy atom. The maximum Gasteiger partial charge on any atom is 0.293 e. The number of hydrogen-bond acceptors (Lipinski definition) is 5. The number of hydrogen-bond donors (Lipinski definition) is 0. The molecular formula is C19H14BrFN4OS2. The number of benzene rings is 1. The summed E-state index contributed by atoms with van der Waals surface area (Å²) >= 11 is 6.51. The van der Waals surface area contributed by atoms with Gasteiger partial charge in [0.05, 0.1) is 20.9 Å². The van der Waals surface area contributed by atoms with Crippen molar-refractivity contribution in [1.82, 2.24) is 19.7 Å². The minimum atomic E-state index is -0.334. The average Bonchev–Trinajstić information content (AvgIpc) is 3.42. The Balaban J connectivity index is 1.68. The van der Waals surface area contributed by atoms with Crippen molar-refractivity contribution in [2.24, 2.45) is 0 Å². The molecule has 0 aliphatic heterocycles. The fourth-order valence-electron chi connectivity index (χ4n) is 2.64. The van der Waals surface area contributed by atoms with E-state index >= 15 is 0 Å². The second-order valence-electron chi connectivity index (χ2n) is 5.99. The first-order chi connectivity index (χ1) is 13.5. The average molecular weight is 477 g/mol. The van der Waals surface area contributed by atoms with E-state index in [0.29, 0.717) is 18.1 Å². The highest BCUT2D eigenvalue weighted by atomic mass is 79.9. The lowest BCUT2D eigenvalue weighted by molar-refractivity contribution is 0.0774. The molecule has 0 aliphatic carbocycles. The van der Waals surface area contributed by atoms with Crippen LogP contribution in [0, 0.1) is 5.82 Å². The Kier molecular flexibility index (Phi) is 5.38. The molecule has 142 valence electrons. The number of carbonyl (C=O) groups is 1. The van der Waals surface area contributed by atoms with Gasteiger partial charge in [-0.2, -0.15) is 0 Å². The fourth-order valence-corrected chi connectivity index (χ4v) is 4.88. The molecule has 0 spiro atoms. The summed E-state index contributed by atoms with van der Waals surface area (Å²) in [6, 6.07) is 13.7. The smallest absolute Gasteiger partial charge is 0.293 e. The monoisotopic (exact) mass is 476 g/mol. The van der Waals surface area contributed by atoms with Gasteiger partial charge in [0.15, 0.2) is 5.82 Å². The van der Waals surface area contributed by atoms with E-state index in [1.165, 1.54) is 23.5 Å². The van der Waals surface area contributed by atoms with E-state index in [-0.39, 0.29) is 17.5 Å². The first-order valence-corrected chi connectivity index (χ1v) is 10.8. The maximum atomic E-state index is 13.3. The van der Waals surface area contributed by atoms with Crippen molar-refractivity contribution in [3.8, 4) is 16.4 Å². The van der Waals surface area contributed by atoms with Crippen molar-refractivity contribution in [3.63, 3.8) is 0 Å². The van der Waals surface area contributed by atoms with Crippen LogP contribution in [0.1, 0.15) is 15.5 Å². The second-order valence-corrected chi connectivity index (χ2v) is 9.49. The summed E-state index contributed by atoms with van der Waals surface area (Å²) in [4.78, 5) is 20.9. The number of rotatable bonds is 5. The molecule has 3 heterocycles. The van der Waals surface area contributed by atoms with Crippen LogP contribution in [0.5, 0.6) is 0 Å². The second kappa shape index (κ2) is 7.94. The lowest BCUT2D eigenvalue weighted by Gasteiger charge is -2.13. The number of amides is 1. The molecule has 0 fully saturated rings. The molecule has 0 unspecified atom stereocenters. The Hall–Kier alpha value is -2.36. The molecule has 0 radical (unpaired) electrons. The van der Waals surface area contributed by atoms with Gasteiger partial charge in [0.2, 0.25) is 5.82 Å². The molecule has 0 saturated carbocycles. The van der Waals surface area contributed by atoms with Crippen LogP contribution in [0.2, 0.25) is 0 Å². The number of halogens is 2. The normalized spacial score (nSPS) is 11.0. The standard InChI is InChI=1S/C19H14BrFN4OS2/c1-24(11-14-8-9-16(20)28-14)19(26)17-22-18(15-3-2-10-27-15)25(23-17)13-6-4-12(21)5-7-13/h2-10H,11H2,1H3. The van der Waals surface area contributed by atoms with Crippen LogP contribution in [-0.4, -0.2) is 32.6 Å². The van der Waals surface area contributed by atoms with Gasteiger partial charge in [-0.25, -0.2) is 14.1 Å². The number of aromatic nitrogens is 3. The molecule has 3 aromatic heterocycles. The topological polar surface area (TPSA) is 51.0 Å². The Morgan fingerprint density at radius 2 is 2.00 bits per heavy atom. The first kappa shape index (κ1) is 19.0. The first-order valence-electron chi connectivity index (χ1n) is 8.28. The third kappa shape index (κ3) is 3.91. The van der Waals surface area contributed by atoms with E-state index in [9.17, 15) is 9.18 Å². The van der Waals surface area contributed by atoms with Crippen LogP contribution in [0.15, 0.2) is 57.7 Å². The molecule has 5 nitrogen and oxygen atoms in total. The summed E-state index contributed by atoms with van der Waals surface area (Å²) in [5.41, 5.74) is 0.640. The summed E-state index contributed by atoms with van der Waals surface area (Å²) < 4.78 is 15.9. The van der Waals surface area contributed by atoms with Gasteiger partial charge in [-0.15, -0.1) is 27.8 Å². The van der Waals surface area contributed by atoms with Gasteiger partial charge in [0.1, 0.15) is 5.82 Å². The summed E-state index contributed by atoms with van der Waals surface area (Å²) in [7, 11) is 1.72. The van der Waals surface area contributed by atoms with Crippen LogP contribution in [0.4, 0.5) is 4.39 Å². The largest absolute Gasteiger partial charge is 0.334 e. The minimum Gasteiger partial charge on any atom is -0.334 e. The van der Waals surface area contributed by atoms with E-state index in [1.54, 1.807) is 40.1 Å². The molecule has 1 amide bonds. The minimum absolute atomic E-state index is 0.103. The van der Waals surface area contributed by atoms with E-state index in [1.807, 2.05) is 29.6 Å². The molecule has 4 rings (SSSR count). The van der Waals surface area contributed by atoms with Crippen LogP contribution in [0.3, 0.4) is 0 Å². The molecular weight excluding hydrogens is 463 g/mol. The molecule has 0 bridgehead atoms. The summed E-state index contributed by atoms with van der Waals surface area (Å²) in [6.45, 7) is 0.467. The fraction of sp³-hybridized carbons (Fsp3) is 0.105. The van der Waals surface area contributed by atoms with Crippen LogP contribution >= 0.6 is 38.6 Å². The molecule has 9 heteroatoms. The number of carbonyl (C=O) groups excluding carboxylic acids is 1. The predicted octanol–water partition coefficient (Wildman–Crippen LogP) is 5.23. The van der Waals surface area contributed by atoms with Gasteiger partial charge >= 0.3 is 0 Å². The van der Waals surface area contributed by atoms with Crippen molar-refractivity contribution in [3.05, 3.63) is 74.2 Å². The highest BCUT2D eigenvalue weighted by Crippen LogP contribution is 2.27. The van der Waals surface area contributed by atoms with Crippen molar-refractivity contribution in [2.75, 3.05) is 7.05 Å². The van der Waals surface area contributed by atoms with Gasteiger partial charge in [-0.05, 0) is 63.8 Å². The van der Waals surface area contributed by atoms with E-state index in [4.69, 9.17) is 0 Å². The lowest BCUT2D eigenvalue weighted by Crippen LogP contribution is -2.27. The molecule has 0 aliphatic rings. The zero-order valence-electron chi connectivity index (χ0n) is 14.7. The van der Waals surface area contributed by atoms with Crippen molar-refractivity contribution in [1.29, 1.82) is 0 Å². The van der Waals surface area contributed by atoms with Gasteiger partial charge < -0.3 is 4.90 Å². The third-order valence-electron chi connectivity index (χ3n) is 3.98. The highest BCUT2D eigenvalue weighted by molar-refractivity contribution is 9.11. The predicted molar refractivity (Wildman–Crippen MR) is 112 cm³/mol. The quantitative estimate of drug-likeness (QED) is 0.396. The Morgan fingerprint density at radius 3 is 2.64 bits per heavy atom. The van der Waals surface area contributed by atoms with Gasteiger partial charge in [-0.3, -0.25) is 4.79 Å². The van der Waals surface area contributed by atoms with Crippen molar-refractivity contribution < 1.29 is 9.18 Å². The van der Waals surface area contributed by atoms with Crippen LogP contribution in [0.25, 0.3) is 16.4 Å². The van der Waals surface area contributed by atoms with Gasteiger partial charge in [0.25, 0.3) is 5.91 Å². The van der Waals surface area contributed by atoms with Crippen LogP contribution in [-0.2, 0) is 6.54 Å². The van der Waals surface area contributed by atoms with Crippen molar-refractivity contribution >= 4 is 44.5 Å². The molecule has 0 saturated heterocycles. The number of thiophene rings is 2. The molecule has 0 N–H and O–H groups in total. The van der Waals surface area contributed by atoms with Crippen LogP contribution < -0.4 is 0 Å². The summed E-state index contributed by atoms with van der Waals surface area (Å²) in [6.07, 6.45) is 0. The van der Waals surface area contributed by atoms with E-state index < -0.39 is 0 Å². The van der Waals surface area contributed by atoms with Gasteiger partial charge in [0, 0.05) is 11.9 Å².